The molecule has 2 aromatic carbocycles. The number of aromatic hydroxyl groups is 2. The van der Waals surface area contributed by atoms with Gasteiger partial charge in [-0.15, -0.1) is 0 Å². The van der Waals surface area contributed by atoms with E-state index in [0.29, 0.717) is 0 Å². The second-order valence-electron chi connectivity index (χ2n) is 11.9. The van der Waals surface area contributed by atoms with Gasteiger partial charge in [0.15, 0.2) is 17.7 Å². The molecule has 0 amide bonds. The molecule has 48 heavy (non-hydrogen) atoms. The average Bonchev–Trinajstić information content (AvgIpc) is 3.49. The highest BCUT2D eigenvalue weighted by Crippen LogP contribution is 2.54. The minimum atomic E-state index is -2.27. The van der Waals surface area contributed by atoms with Crippen LogP contribution < -0.4 is 9.47 Å². The predicted molar refractivity (Wildman–Crippen MR) is 160 cm³/mol. The fourth-order valence-electron chi connectivity index (χ4n) is 6.64. The lowest BCUT2D eigenvalue weighted by Crippen LogP contribution is -2.58. The third-order valence-corrected chi connectivity index (χ3v) is 9.00. The van der Waals surface area contributed by atoms with E-state index in [9.17, 15) is 44.1 Å². The number of aryl methyl sites for hydroxylation is 2. The van der Waals surface area contributed by atoms with Crippen LogP contribution in [-0.4, -0.2) is 95.5 Å². The molecule has 0 spiro atoms. The summed E-state index contributed by atoms with van der Waals surface area (Å²) in [5, 5.41) is 33.6. The molecule has 3 aliphatic rings. The Morgan fingerprint density at radius 3 is 2.12 bits per heavy atom. The van der Waals surface area contributed by atoms with Gasteiger partial charge in [-0.3, -0.25) is 19.2 Å². The van der Waals surface area contributed by atoms with Gasteiger partial charge < -0.3 is 43.7 Å². The summed E-state index contributed by atoms with van der Waals surface area (Å²) in [5.74, 6) is -6.68. The molecular weight excluding hydrogens is 636 g/mol. The van der Waals surface area contributed by atoms with Crippen LogP contribution in [-0.2, 0) is 38.1 Å². The Morgan fingerprint density at radius 1 is 0.875 bits per heavy atom. The predicted octanol–water partition coefficient (Wildman–Crippen LogP) is 2.16. The number of ether oxygens (including phenoxy) is 6. The molecule has 1 saturated heterocycles. The van der Waals surface area contributed by atoms with Gasteiger partial charge in [-0.05, 0) is 49.9 Å². The van der Waals surface area contributed by atoms with Crippen molar-refractivity contribution in [3.8, 4) is 34.1 Å². The topological polar surface area (TPSA) is 218 Å². The van der Waals surface area contributed by atoms with Crippen molar-refractivity contribution in [1.29, 1.82) is 0 Å². The lowest BCUT2D eigenvalue weighted by molar-refractivity contribution is -0.175. The van der Waals surface area contributed by atoms with Crippen molar-refractivity contribution in [2.75, 3.05) is 21.3 Å². The number of rotatable bonds is 8. The van der Waals surface area contributed by atoms with E-state index >= 15 is 0 Å². The van der Waals surface area contributed by atoms with Crippen molar-refractivity contribution in [2.24, 2.45) is 0 Å². The number of phenols is 2. The van der Waals surface area contributed by atoms with E-state index in [1.165, 1.54) is 26.0 Å². The largest absolute Gasteiger partial charge is 0.507 e. The minimum Gasteiger partial charge on any atom is -0.507 e. The summed E-state index contributed by atoms with van der Waals surface area (Å²) in [5.41, 5.74) is -4.60. The highest BCUT2D eigenvalue weighted by atomic mass is 16.6. The molecule has 0 saturated carbocycles. The molecule has 3 aliphatic heterocycles. The van der Waals surface area contributed by atoms with E-state index in [-0.39, 0.29) is 70.6 Å². The Hall–Kier alpha value is -5.18. The highest BCUT2D eigenvalue weighted by Gasteiger charge is 2.59. The van der Waals surface area contributed by atoms with Crippen LogP contribution in [0.5, 0.6) is 23.0 Å². The molecule has 0 unspecified atom stereocenters. The molecule has 3 heterocycles. The Bertz CT molecular complexity index is 1760. The molecule has 1 fully saturated rings. The zero-order valence-electron chi connectivity index (χ0n) is 26.8. The van der Waals surface area contributed by atoms with Crippen LogP contribution in [0.15, 0.2) is 12.1 Å². The Morgan fingerprint density at radius 2 is 1.52 bits per heavy atom. The van der Waals surface area contributed by atoms with Gasteiger partial charge >= 0.3 is 23.9 Å². The summed E-state index contributed by atoms with van der Waals surface area (Å²) >= 11 is 0. The number of ketones is 2. The van der Waals surface area contributed by atoms with E-state index in [1.807, 2.05) is 0 Å². The lowest BCUT2D eigenvalue weighted by atomic mass is 9.79. The molecule has 2 aromatic rings. The monoisotopic (exact) mass is 670 g/mol. The lowest BCUT2D eigenvalue weighted by Gasteiger charge is -2.40. The molecule has 0 aromatic heterocycles. The number of Topliss-reactive ketones (excluding diaryl/α,β-unsaturated/α-hetero) is 2. The first-order chi connectivity index (χ1) is 22.6. The molecule has 15 heteroatoms. The maximum Gasteiger partial charge on any atom is 0.354 e. The molecule has 256 valence electrons. The van der Waals surface area contributed by atoms with E-state index in [0.717, 1.165) is 21.3 Å². The second-order valence-corrected chi connectivity index (χ2v) is 11.9. The SMILES string of the molecule is COC(=O)CC[C@@H](O)[C@]1(C(=O)OC)CC(=O)c2c(cc(C)c(-c3c(C)cc(O)c4c3O[C@@](C(=O)OC)([C@@H]3CCC(=O)O3)CC4=O)c2O)O1. The number of hydrogen-bond acceptors (Lipinski definition) is 15. The number of carbonyl (C=O) groups excluding carboxylic acids is 6. The number of aliphatic hydroxyl groups excluding tert-OH is 1. The van der Waals surface area contributed by atoms with Crippen LogP contribution in [0, 0.1) is 13.8 Å². The van der Waals surface area contributed by atoms with Crippen molar-refractivity contribution in [3.63, 3.8) is 0 Å². The van der Waals surface area contributed by atoms with Crippen LogP contribution in [0.4, 0.5) is 0 Å². The molecule has 3 N–H and O–H groups in total. The Kier molecular flexibility index (Phi) is 8.86. The summed E-state index contributed by atoms with van der Waals surface area (Å²) in [4.78, 5) is 77.5. The van der Waals surface area contributed by atoms with E-state index in [2.05, 4.69) is 4.74 Å². The summed E-state index contributed by atoms with van der Waals surface area (Å²) < 4.78 is 32.1. The number of benzene rings is 2. The van der Waals surface area contributed by atoms with Crippen LogP contribution in [0.3, 0.4) is 0 Å². The van der Waals surface area contributed by atoms with Crippen molar-refractivity contribution in [2.45, 2.75) is 75.8 Å². The van der Waals surface area contributed by atoms with E-state index in [1.54, 1.807) is 0 Å². The fraction of sp³-hybridized carbons (Fsp3) is 0.455. The van der Waals surface area contributed by atoms with Gasteiger partial charge in [0.1, 0.15) is 40.2 Å². The molecule has 0 radical (unpaired) electrons. The van der Waals surface area contributed by atoms with Crippen LogP contribution in [0.1, 0.15) is 70.4 Å². The van der Waals surface area contributed by atoms with Crippen LogP contribution >= 0.6 is 0 Å². The molecular formula is C33H34O15. The van der Waals surface area contributed by atoms with E-state index in [4.69, 9.17) is 23.7 Å². The summed E-state index contributed by atoms with van der Waals surface area (Å²) in [7, 11) is 3.26. The number of carbonyl (C=O) groups is 6. The maximum atomic E-state index is 13.8. The fourth-order valence-corrected chi connectivity index (χ4v) is 6.64. The number of esters is 4. The van der Waals surface area contributed by atoms with Gasteiger partial charge in [-0.1, -0.05) is 0 Å². The number of cyclic esters (lactones) is 1. The molecule has 0 aliphatic carbocycles. The molecule has 4 atom stereocenters. The van der Waals surface area contributed by atoms with Crippen LogP contribution in [0.25, 0.3) is 11.1 Å². The smallest absolute Gasteiger partial charge is 0.354 e. The first-order valence-electron chi connectivity index (χ1n) is 14.9. The first kappa shape index (κ1) is 34.2. The van der Waals surface area contributed by atoms with Crippen molar-refractivity contribution in [3.05, 3.63) is 34.4 Å². The summed E-state index contributed by atoms with van der Waals surface area (Å²) in [6.07, 6.45) is -4.97. The Balaban J connectivity index is 1.68. The third-order valence-electron chi connectivity index (χ3n) is 9.00. The van der Waals surface area contributed by atoms with Gasteiger partial charge in [0.05, 0.1) is 34.2 Å². The molecule has 5 rings (SSSR count). The molecule has 0 bridgehead atoms. The average molecular weight is 671 g/mol. The Labute approximate surface area is 273 Å². The molecule has 15 nitrogen and oxygen atoms in total. The number of fused-ring (bicyclic) bond motifs is 2. The normalized spacial score (nSPS) is 23.5. The summed E-state index contributed by atoms with van der Waals surface area (Å²) in [6.45, 7) is 3.05. The minimum absolute atomic E-state index is 0.0296. The highest BCUT2D eigenvalue weighted by molar-refractivity contribution is 6.11. The van der Waals surface area contributed by atoms with E-state index < -0.39 is 83.2 Å². The zero-order chi connectivity index (χ0) is 35.3. The second kappa shape index (κ2) is 12.4. The quantitative estimate of drug-likeness (QED) is 0.271. The standard InChI is InChI=1S/C33H34O15/c1-14-10-16(34)26-17(35)13-33(31(42)45-5,21-7-9-23(39)46-21)48-29(26)25(14)24-15(2)11-19-27(28(24)40)18(36)12-32(47-19,30(41)44-4)20(37)6-8-22(38)43-3/h10-11,20-21,34,37,40H,6-9,12-13H2,1-5H3/t20-,21+,32+,33-/m1/s1. The third kappa shape index (κ3) is 5.27. The van der Waals surface area contributed by atoms with Gasteiger partial charge in [0.25, 0.3) is 0 Å². The van der Waals surface area contributed by atoms with Gasteiger partial charge in [-0.2, -0.15) is 0 Å². The number of hydrogen-bond donors (Lipinski definition) is 3. The van der Waals surface area contributed by atoms with Crippen molar-refractivity contribution < 1.29 is 72.5 Å². The number of phenolic OH excluding ortho intramolecular Hbond substituents is 2. The van der Waals surface area contributed by atoms with Crippen LogP contribution in [0.2, 0.25) is 0 Å². The number of methoxy groups -OCH3 is 3. The summed E-state index contributed by atoms with van der Waals surface area (Å²) in [6, 6.07) is 2.58. The zero-order valence-corrected chi connectivity index (χ0v) is 26.8. The van der Waals surface area contributed by atoms with Gasteiger partial charge in [-0.25, -0.2) is 9.59 Å². The van der Waals surface area contributed by atoms with Crippen molar-refractivity contribution in [1.82, 2.24) is 0 Å². The van der Waals surface area contributed by atoms with Gasteiger partial charge in [0.2, 0.25) is 11.2 Å². The maximum absolute atomic E-state index is 13.8. The van der Waals surface area contributed by atoms with Crippen molar-refractivity contribution >= 4 is 35.4 Å². The first-order valence-corrected chi connectivity index (χ1v) is 14.9. The van der Waals surface area contributed by atoms with Gasteiger partial charge in [0, 0.05) is 24.0 Å². The number of aliphatic hydroxyl groups is 1.